The second-order valence-electron chi connectivity index (χ2n) is 4.89. The van der Waals surface area contributed by atoms with Crippen LogP contribution in [0.5, 0.6) is 5.75 Å². The van der Waals surface area contributed by atoms with Crippen LogP contribution in [0, 0.1) is 0 Å². The molecule has 0 aliphatic carbocycles. The van der Waals surface area contributed by atoms with Crippen LogP contribution in [0.3, 0.4) is 0 Å². The number of hydrogen-bond acceptors (Lipinski definition) is 5. The normalized spacial score (nSPS) is 12.6. The molecular weight excluding hydrogens is 268 g/mol. The maximum atomic E-state index is 6.30. The van der Waals surface area contributed by atoms with Gasteiger partial charge in [0.05, 0.1) is 19.8 Å². The highest BCUT2D eigenvalue weighted by molar-refractivity contribution is 5.29. The second kappa shape index (κ2) is 10.6. The summed E-state index contributed by atoms with van der Waals surface area (Å²) >= 11 is 0. The number of nitrogens with two attached hydrogens (primary N) is 1. The van der Waals surface area contributed by atoms with Crippen molar-refractivity contribution in [3.05, 3.63) is 29.8 Å². The van der Waals surface area contributed by atoms with E-state index in [-0.39, 0.29) is 6.04 Å². The molecule has 5 heteroatoms. The molecule has 0 aromatic heterocycles. The van der Waals surface area contributed by atoms with Crippen molar-refractivity contribution in [2.45, 2.75) is 13.0 Å². The number of methoxy groups -OCH3 is 2. The SMILES string of the molecule is CCOc1ccc(C(N)CN(CCOC)CCOC)cc1. The van der Waals surface area contributed by atoms with E-state index in [0.29, 0.717) is 19.8 Å². The summed E-state index contributed by atoms with van der Waals surface area (Å²) in [6, 6.07) is 7.95. The molecule has 0 aliphatic rings. The van der Waals surface area contributed by atoms with Gasteiger partial charge in [-0.15, -0.1) is 0 Å². The Morgan fingerprint density at radius 2 is 1.62 bits per heavy atom. The minimum Gasteiger partial charge on any atom is -0.494 e. The zero-order chi connectivity index (χ0) is 15.5. The molecule has 0 amide bonds. The van der Waals surface area contributed by atoms with E-state index in [1.807, 2.05) is 31.2 Å². The fourth-order valence-corrected chi connectivity index (χ4v) is 2.10. The van der Waals surface area contributed by atoms with Crippen molar-refractivity contribution >= 4 is 0 Å². The Balaban J connectivity index is 2.55. The van der Waals surface area contributed by atoms with Gasteiger partial charge in [0.15, 0.2) is 0 Å². The van der Waals surface area contributed by atoms with Crippen LogP contribution >= 0.6 is 0 Å². The molecule has 21 heavy (non-hydrogen) atoms. The minimum absolute atomic E-state index is 0.0330. The van der Waals surface area contributed by atoms with E-state index in [9.17, 15) is 0 Å². The van der Waals surface area contributed by atoms with Crippen molar-refractivity contribution in [2.75, 3.05) is 53.7 Å². The van der Waals surface area contributed by atoms with Crippen LogP contribution in [0.4, 0.5) is 0 Å². The molecule has 1 aromatic carbocycles. The number of benzene rings is 1. The fourth-order valence-electron chi connectivity index (χ4n) is 2.10. The van der Waals surface area contributed by atoms with E-state index in [2.05, 4.69) is 4.90 Å². The third-order valence-electron chi connectivity index (χ3n) is 3.30. The van der Waals surface area contributed by atoms with Gasteiger partial charge in [-0.1, -0.05) is 12.1 Å². The summed E-state index contributed by atoms with van der Waals surface area (Å²) in [5.74, 6) is 0.879. The van der Waals surface area contributed by atoms with Crippen LogP contribution < -0.4 is 10.5 Å². The van der Waals surface area contributed by atoms with Gasteiger partial charge in [-0.25, -0.2) is 0 Å². The van der Waals surface area contributed by atoms with Gasteiger partial charge < -0.3 is 19.9 Å². The Kier molecular flexibility index (Phi) is 9.01. The van der Waals surface area contributed by atoms with Gasteiger partial charge in [-0.2, -0.15) is 0 Å². The van der Waals surface area contributed by atoms with Gasteiger partial charge in [-0.05, 0) is 24.6 Å². The standard InChI is InChI=1S/C16H28N2O3/c1-4-21-15-7-5-14(6-8-15)16(17)13-18(9-11-19-2)10-12-20-3/h5-8,16H,4,9-13,17H2,1-3H3. The Hall–Kier alpha value is -1.14. The van der Waals surface area contributed by atoms with E-state index in [1.54, 1.807) is 14.2 Å². The first-order valence-electron chi connectivity index (χ1n) is 7.39. The first-order valence-corrected chi connectivity index (χ1v) is 7.39. The van der Waals surface area contributed by atoms with Crippen LogP contribution in [0.1, 0.15) is 18.5 Å². The summed E-state index contributed by atoms with van der Waals surface area (Å²) in [5.41, 5.74) is 7.41. The highest BCUT2D eigenvalue weighted by Crippen LogP contribution is 2.17. The Bertz CT molecular complexity index is 362. The fraction of sp³-hybridized carbons (Fsp3) is 0.625. The molecule has 0 heterocycles. The average molecular weight is 296 g/mol. The number of hydrogen-bond donors (Lipinski definition) is 1. The first-order chi connectivity index (χ1) is 10.2. The summed E-state index contributed by atoms with van der Waals surface area (Å²) in [4.78, 5) is 2.26. The smallest absolute Gasteiger partial charge is 0.119 e. The molecule has 1 aromatic rings. The van der Waals surface area contributed by atoms with E-state index in [0.717, 1.165) is 30.9 Å². The van der Waals surface area contributed by atoms with Gasteiger partial charge in [-0.3, -0.25) is 4.90 Å². The van der Waals surface area contributed by atoms with Crippen LogP contribution in [0.2, 0.25) is 0 Å². The van der Waals surface area contributed by atoms with E-state index in [1.165, 1.54) is 0 Å². The van der Waals surface area contributed by atoms with Gasteiger partial charge in [0, 0.05) is 39.9 Å². The Morgan fingerprint density at radius 1 is 1.05 bits per heavy atom. The molecule has 1 atom stereocenters. The lowest BCUT2D eigenvalue weighted by Gasteiger charge is -2.25. The zero-order valence-corrected chi connectivity index (χ0v) is 13.4. The molecule has 5 nitrogen and oxygen atoms in total. The Morgan fingerprint density at radius 3 is 2.10 bits per heavy atom. The third kappa shape index (κ3) is 6.91. The summed E-state index contributed by atoms with van der Waals surface area (Å²) in [5, 5.41) is 0. The van der Waals surface area contributed by atoms with Crippen molar-refractivity contribution in [3.63, 3.8) is 0 Å². The van der Waals surface area contributed by atoms with Gasteiger partial charge in [0.1, 0.15) is 5.75 Å². The van der Waals surface area contributed by atoms with E-state index >= 15 is 0 Å². The molecule has 1 unspecified atom stereocenters. The average Bonchev–Trinajstić information content (AvgIpc) is 2.51. The molecule has 0 radical (unpaired) electrons. The quantitative estimate of drug-likeness (QED) is 0.673. The zero-order valence-electron chi connectivity index (χ0n) is 13.4. The Labute approximate surface area is 128 Å². The summed E-state index contributed by atoms with van der Waals surface area (Å²) < 4.78 is 15.7. The molecule has 2 N–H and O–H groups in total. The predicted molar refractivity (Wildman–Crippen MR) is 84.7 cm³/mol. The lowest BCUT2D eigenvalue weighted by Crippen LogP contribution is -2.36. The molecule has 1 rings (SSSR count). The molecule has 0 fully saturated rings. The molecule has 0 saturated carbocycles. The van der Waals surface area contributed by atoms with Gasteiger partial charge >= 0.3 is 0 Å². The molecular formula is C16H28N2O3. The van der Waals surface area contributed by atoms with Crippen molar-refractivity contribution in [1.82, 2.24) is 4.90 Å². The lowest BCUT2D eigenvalue weighted by molar-refractivity contribution is 0.110. The monoisotopic (exact) mass is 296 g/mol. The van der Waals surface area contributed by atoms with E-state index in [4.69, 9.17) is 19.9 Å². The number of ether oxygens (including phenoxy) is 3. The van der Waals surface area contributed by atoms with Crippen molar-refractivity contribution in [2.24, 2.45) is 5.73 Å². The molecule has 120 valence electrons. The first kappa shape index (κ1) is 17.9. The molecule has 0 saturated heterocycles. The van der Waals surface area contributed by atoms with Gasteiger partial charge in [0.25, 0.3) is 0 Å². The maximum Gasteiger partial charge on any atom is 0.119 e. The highest BCUT2D eigenvalue weighted by atomic mass is 16.5. The highest BCUT2D eigenvalue weighted by Gasteiger charge is 2.12. The van der Waals surface area contributed by atoms with E-state index < -0.39 is 0 Å². The van der Waals surface area contributed by atoms with Crippen LogP contribution in [-0.2, 0) is 9.47 Å². The van der Waals surface area contributed by atoms with Crippen LogP contribution in [0.25, 0.3) is 0 Å². The molecule has 0 spiro atoms. The molecule has 0 bridgehead atoms. The van der Waals surface area contributed by atoms with Crippen LogP contribution in [0.15, 0.2) is 24.3 Å². The summed E-state index contributed by atoms with van der Waals surface area (Å²) in [7, 11) is 3.42. The topological polar surface area (TPSA) is 57.0 Å². The van der Waals surface area contributed by atoms with Crippen molar-refractivity contribution < 1.29 is 14.2 Å². The van der Waals surface area contributed by atoms with Crippen molar-refractivity contribution in [1.29, 1.82) is 0 Å². The number of nitrogens with zero attached hydrogens (tertiary/aromatic N) is 1. The summed E-state index contributed by atoms with van der Waals surface area (Å²) in [6.45, 7) is 6.52. The largest absolute Gasteiger partial charge is 0.494 e. The van der Waals surface area contributed by atoms with Crippen LogP contribution in [-0.4, -0.2) is 58.6 Å². The predicted octanol–water partition coefficient (Wildman–Crippen LogP) is 1.68. The third-order valence-corrected chi connectivity index (χ3v) is 3.30. The van der Waals surface area contributed by atoms with Crippen molar-refractivity contribution in [3.8, 4) is 5.75 Å². The second-order valence-corrected chi connectivity index (χ2v) is 4.89. The minimum atomic E-state index is -0.0330. The number of rotatable bonds is 11. The summed E-state index contributed by atoms with van der Waals surface area (Å²) in [6.07, 6.45) is 0. The lowest BCUT2D eigenvalue weighted by atomic mass is 10.1. The maximum absolute atomic E-state index is 6.30. The van der Waals surface area contributed by atoms with Gasteiger partial charge in [0.2, 0.25) is 0 Å². The molecule has 0 aliphatic heterocycles.